The summed E-state index contributed by atoms with van der Waals surface area (Å²) >= 11 is 0. The molecule has 1 aliphatic carbocycles. The lowest BCUT2D eigenvalue weighted by atomic mass is 10.3. The molecular formula is C19H20FN3O3. The number of amides is 1. The third-order valence-corrected chi connectivity index (χ3v) is 4.26. The minimum Gasteiger partial charge on any atom is -0.451 e. The maximum Gasteiger partial charge on any atom is 0.357 e. The van der Waals surface area contributed by atoms with E-state index >= 15 is 0 Å². The van der Waals surface area contributed by atoms with Gasteiger partial charge in [0.1, 0.15) is 5.82 Å². The van der Waals surface area contributed by atoms with Crippen molar-refractivity contribution in [3.05, 3.63) is 60.1 Å². The number of rotatable bonds is 6. The predicted octanol–water partition coefficient (Wildman–Crippen LogP) is 3.08. The topological polar surface area (TPSA) is 64.4 Å². The first-order valence-electron chi connectivity index (χ1n) is 8.55. The van der Waals surface area contributed by atoms with Gasteiger partial charge in [0.05, 0.1) is 12.5 Å². The molecule has 3 rings (SSSR count). The smallest absolute Gasteiger partial charge is 0.357 e. The summed E-state index contributed by atoms with van der Waals surface area (Å²) < 4.78 is 19.7. The van der Waals surface area contributed by atoms with E-state index < -0.39 is 5.97 Å². The van der Waals surface area contributed by atoms with Gasteiger partial charge in [0, 0.05) is 17.9 Å². The van der Waals surface area contributed by atoms with Crippen molar-refractivity contribution in [3.8, 4) is 5.69 Å². The molecule has 26 heavy (non-hydrogen) atoms. The number of esters is 1. The minimum atomic E-state index is -0.656. The molecule has 0 radical (unpaired) electrons. The Morgan fingerprint density at radius 1 is 1.31 bits per heavy atom. The van der Waals surface area contributed by atoms with Crippen LogP contribution >= 0.6 is 0 Å². The summed E-state index contributed by atoms with van der Waals surface area (Å²) in [6.07, 6.45) is 7.71. The van der Waals surface area contributed by atoms with Gasteiger partial charge in [-0.3, -0.25) is 9.36 Å². The van der Waals surface area contributed by atoms with Crippen LogP contribution in [0, 0.1) is 5.82 Å². The van der Waals surface area contributed by atoms with Crippen molar-refractivity contribution in [3.63, 3.8) is 0 Å². The van der Waals surface area contributed by atoms with Gasteiger partial charge in [-0.05, 0) is 50.5 Å². The molecule has 0 spiro atoms. The highest BCUT2D eigenvalue weighted by molar-refractivity contribution is 5.90. The van der Waals surface area contributed by atoms with E-state index in [1.807, 2.05) is 13.0 Å². The van der Waals surface area contributed by atoms with Crippen LogP contribution in [-0.2, 0) is 9.53 Å². The van der Waals surface area contributed by atoms with Crippen molar-refractivity contribution in [2.75, 3.05) is 13.2 Å². The molecule has 1 aliphatic rings. The van der Waals surface area contributed by atoms with E-state index in [9.17, 15) is 14.0 Å². The van der Waals surface area contributed by atoms with E-state index in [4.69, 9.17) is 4.74 Å². The lowest BCUT2D eigenvalue weighted by Gasteiger charge is -2.22. The molecule has 1 heterocycles. The van der Waals surface area contributed by atoms with Gasteiger partial charge in [-0.15, -0.1) is 0 Å². The van der Waals surface area contributed by atoms with E-state index in [1.165, 1.54) is 41.4 Å². The molecule has 0 N–H and O–H groups in total. The Kier molecular flexibility index (Phi) is 5.46. The summed E-state index contributed by atoms with van der Waals surface area (Å²) in [5.74, 6) is -1.28. The largest absolute Gasteiger partial charge is 0.451 e. The Balaban J connectivity index is 1.66. The number of carbonyl (C=O) groups excluding carboxylic acids is 2. The monoisotopic (exact) mass is 357 g/mol. The number of nitrogens with zero attached hydrogens (tertiary/aromatic N) is 3. The molecule has 6 nitrogen and oxygen atoms in total. The van der Waals surface area contributed by atoms with Crippen LogP contribution in [0.4, 0.5) is 4.39 Å². The molecule has 0 fully saturated rings. The Morgan fingerprint density at radius 2 is 2.08 bits per heavy atom. The summed E-state index contributed by atoms with van der Waals surface area (Å²) in [4.78, 5) is 30.3. The molecule has 7 heteroatoms. The lowest BCUT2D eigenvalue weighted by molar-refractivity contribution is -0.132. The Labute approximate surface area is 150 Å². The van der Waals surface area contributed by atoms with Crippen LogP contribution in [0.1, 0.15) is 36.7 Å². The van der Waals surface area contributed by atoms with E-state index in [2.05, 4.69) is 4.98 Å². The molecule has 0 aliphatic heterocycles. The molecular weight excluding hydrogens is 337 g/mol. The highest BCUT2D eigenvalue weighted by Gasteiger charge is 2.21. The zero-order valence-corrected chi connectivity index (χ0v) is 14.5. The molecule has 0 atom stereocenters. The van der Waals surface area contributed by atoms with Gasteiger partial charge in [0.25, 0.3) is 5.91 Å². The summed E-state index contributed by atoms with van der Waals surface area (Å²) in [5.41, 5.74) is 1.74. The molecule has 0 unspecified atom stereocenters. The zero-order chi connectivity index (χ0) is 18.5. The first-order valence-corrected chi connectivity index (χ1v) is 8.55. The molecule has 0 bridgehead atoms. The van der Waals surface area contributed by atoms with Crippen LogP contribution in [0.2, 0.25) is 0 Å². The van der Waals surface area contributed by atoms with E-state index in [1.54, 1.807) is 4.90 Å². The van der Waals surface area contributed by atoms with Gasteiger partial charge >= 0.3 is 5.97 Å². The van der Waals surface area contributed by atoms with Crippen molar-refractivity contribution in [1.29, 1.82) is 0 Å². The second kappa shape index (κ2) is 7.95. The first-order chi connectivity index (χ1) is 12.6. The van der Waals surface area contributed by atoms with Crippen molar-refractivity contribution in [1.82, 2.24) is 14.5 Å². The van der Waals surface area contributed by atoms with Crippen LogP contribution in [-0.4, -0.2) is 39.5 Å². The first kappa shape index (κ1) is 17.8. The maximum absolute atomic E-state index is 13.1. The summed E-state index contributed by atoms with van der Waals surface area (Å²) in [6, 6.07) is 5.65. The van der Waals surface area contributed by atoms with Crippen LogP contribution in [0.15, 0.2) is 48.6 Å². The number of carbonyl (C=O) groups is 2. The summed E-state index contributed by atoms with van der Waals surface area (Å²) in [5, 5.41) is 0. The number of likely N-dealkylation sites (N-methyl/N-ethyl adjacent to an activating group) is 1. The van der Waals surface area contributed by atoms with Crippen molar-refractivity contribution >= 4 is 11.9 Å². The fraction of sp³-hybridized carbons (Fsp3) is 0.316. The average Bonchev–Trinajstić information content (AvgIpc) is 3.33. The number of halogens is 1. The molecule has 0 saturated heterocycles. The van der Waals surface area contributed by atoms with E-state index in [0.29, 0.717) is 12.2 Å². The average molecular weight is 357 g/mol. The molecule has 1 amide bonds. The second-order valence-corrected chi connectivity index (χ2v) is 5.93. The molecule has 0 saturated carbocycles. The van der Waals surface area contributed by atoms with Crippen molar-refractivity contribution in [2.45, 2.75) is 26.2 Å². The number of benzene rings is 1. The number of imidazole rings is 1. The predicted molar refractivity (Wildman–Crippen MR) is 93.1 cm³/mol. The maximum atomic E-state index is 13.1. The third-order valence-electron chi connectivity index (χ3n) is 4.26. The summed E-state index contributed by atoms with van der Waals surface area (Å²) in [6.45, 7) is 2.09. The highest BCUT2D eigenvalue weighted by atomic mass is 19.1. The third kappa shape index (κ3) is 3.82. The standard InChI is InChI=1S/C19H20FN3O3/c1-2-22(15-5-3-4-6-15)18(24)12-26-19(25)17-11-21-13-23(17)16-9-7-14(20)8-10-16/h5,7-11,13H,2-4,6,12H2,1H3. The van der Waals surface area contributed by atoms with Gasteiger partial charge in [-0.2, -0.15) is 0 Å². The van der Waals surface area contributed by atoms with Crippen LogP contribution in [0.5, 0.6) is 0 Å². The molecule has 2 aromatic rings. The van der Waals surface area contributed by atoms with E-state index in [0.717, 1.165) is 25.0 Å². The molecule has 1 aromatic carbocycles. The second-order valence-electron chi connectivity index (χ2n) is 5.93. The van der Waals surface area contributed by atoms with Gasteiger partial charge in [0.15, 0.2) is 12.3 Å². The lowest BCUT2D eigenvalue weighted by Crippen LogP contribution is -2.33. The van der Waals surface area contributed by atoms with Gasteiger partial charge < -0.3 is 9.64 Å². The van der Waals surface area contributed by atoms with Crippen molar-refractivity contribution in [2.24, 2.45) is 0 Å². The van der Waals surface area contributed by atoms with Crippen LogP contribution in [0.3, 0.4) is 0 Å². The van der Waals surface area contributed by atoms with Gasteiger partial charge in [-0.25, -0.2) is 14.2 Å². The Morgan fingerprint density at radius 3 is 2.73 bits per heavy atom. The SMILES string of the molecule is CCN(C(=O)COC(=O)c1cncn1-c1ccc(F)cc1)C1=CCCC1. The van der Waals surface area contributed by atoms with Crippen molar-refractivity contribution < 1.29 is 18.7 Å². The van der Waals surface area contributed by atoms with E-state index in [-0.39, 0.29) is 24.0 Å². The Hall–Kier alpha value is -2.96. The fourth-order valence-electron chi connectivity index (χ4n) is 2.97. The Bertz CT molecular complexity index is 827. The van der Waals surface area contributed by atoms with Crippen LogP contribution in [0.25, 0.3) is 5.69 Å². The molecule has 136 valence electrons. The number of allylic oxidation sites excluding steroid dienone is 2. The van der Waals surface area contributed by atoms with Gasteiger partial charge in [0.2, 0.25) is 0 Å². The highest BCUT2D eigenvalue weighted by Crippen LogP contribution is 2.21. The quantitative estimate of drug-likeness (QED) is 0.745. The summed E-state index contributed by atoms with van der Waals surface area (Å²) in [7, 11) is 0. The van der Waals surface area contributed by atoms with Gasteiger partial charge in [-0.1, -0.05) is 6.08 Å². The minimum absolute atomic E-state index is 0.174. The number of hydrogen-bond donors (Lipinski definition) is 0. The fourth-order valence-corrected chi connectivity index (χ4v) is 2.97. The normalized spacial score (nSPS) is 13.4. The number of aromatic nitrogens is 2. The zero-order valence-electron chi connectivity index (χ0n) is 14.5. The van der Waals surface area contributed by atoms with Crippen LogP contribution < -0.4 is 0 Å². The molecule has 1 aromatic heterocycles. The number of ether oxygens (including phenoxy) is 1. The number of hydrogen-bond acceptors (Lipinski definition) is 4.